The molecule has 194 valence electrons. The number of aliphatic hydroxyl groups is 4. The molecule has 4 fully saturated rings. The maximum Gasteiger partial charge on any atom is 0.0863 e. The minimum atomic E-state index is -0.685. The van der Waals surface area contributed by atoms with Crippen LogP contribution in [0.4, 0.5) is 0 Å². The van der Waals surface area contributed by atoms with E-state index in [0.29, 0.717) is 17.8 Å². The van der Waals surface area contributed by atoms with Gasteiger partial charge in [0.1, 0.15) is 0 Å². The first kappa shape index (κ1) is 25.2. The van der Waals surface area contributed by atoms with Crippen LogP contribution in [0.25, 0.3) is 0 Å². The molecule has 1 unspecified atom stereocenters. The number of rotatable bonds is 1. The Morgan fingerprint density at radius 3 is 2.12 bits per heavy atom. The van der Waals surface area contributed by atoms with E-state index < -0.39 is 23.7 Å². The molecule has 4 saturated carbocycles. The number of hydrogen-bond acceptors (Lipinski definition) is 4. The zero-order chi connectivity index (χ0) is 25.1. The molecule has 0 aromatic carbocycles. The molecule has 0 aromatic heterocycles. The molecule has 0 aliphatic heterocycles. The Labute approximate surface area is 207 Å². The summed E-state index contributed by atoms with van der Waals surface area (Å²) in [7, 11) is 0. The zero-order valence-corrected chi connectivity index (χ0v) is 22.7. The fourth-order valence-corrected chi connectivity index (χ4v) is 10.7. The van der Waals surface area contributed by atoms with Gasteiger partial charge in [0.25, 0.3) is 0 Å². The Hall–Kier alpha value is -0.420. The molecule has 0 spiro atoms. The van der Waals surface area contributed by atoms with E-state index in [2.05, 4.69) is 54.5 Å². The number of aliphatic hydroxyl groups excluding tert-OH is 4. The third kappa shape index (κ3) is 2.81. The molecule has 5 aliphatic carbocycles. The second-order valence-corrected chi connectivity index (χ2v) is 15.2. The SMILES string of the molecule is CC1(C)C[C@@H]2C3=CC[C@@H]4[C@@]5(C)CC[C@H](O)[C@@](C)(CO)C5CC[C@@]4(C)[C@]3(C)CC[C@@]2(C)[C@H](O)[C@H]1O. The molecule has 34 heavy (non-hydrogen) atoms. The topological polar surface area (TPSA) is 80.9 Å². The average Bonchev–Trinajstić information content (AvgIpc) is 2.77. The fourth-order valence-electron chi connectivity index (χ4n) is 10.7. The van der Waals surface area contributed by atoms with Crippen molar-refractivity contribution in [3.63, 3.8) is 0 Å². The van der Waals surface area contributed by atoms with E-state index in [0.717, 1.165) is 51.4 Å². The summed E-state index contributed by atoms with van der Waals surface area (Å²) < 4.78 is 0. The van der Waals surface area contributed by atoms with Gasteiger partial charge < -0.3 is 20.4 Å². The summed E-state index contributed by atoms with van der Waals surface area (Å²) in [5, 5.41) is 43.6. The van der Waals surface area contributed by atoms with Gasteiger partial charge in [-0.25, -0.2) is 0 Å². The smallest absolute Gasteiger partial charge is 0.0863 e. The Balaban J connectivity index is 1.58. The quantitative estimate of drug-likeness (QED) is 0.399. The zero-order valence-electron chi connectivity index (χ0n) is 22.7. The fraction of sp³-hybridized carbons (Fsp3) is 0.933. The molecule has 5 rings (SSSR count). The monoisotopic (exact) mass is 474 g/mol. The molecule has 4 heteroatoms. The lowest BCUT2D eigenvalue weighted by Crippen LogP contribution is -2.67. The summed E-state index contributed by atoms with van der Waals surface area (Å²) >= 11 is 0. The van der Waals surface area contributed by atoms with E-state index in [1.165, 1.54) is 0 Å². The Morgan fingerprint density at radius 1 is 0.794 bits per heavy atom. The molecule has 4 nitrogen and oxygen atoms in total. The molecule has 0 radical (unpaired) electrons. The largest absolute Gasteiger partial charge is 0.396 e. The highest BCUT2D eigenvalue weighted by molar-refractivity contribution is 5.34. The van der Waals surface area contributed by atoms with Crippen LogP contribution in [0.2, 0.25) is 0 Å². The first-order chi connectivity index (χ1) is 15.6. The van der Waals surface area contributed by atoms with E-state index in [1.54, 1.807) is 5.57 Å². The highest BCUT2D eigenvalue weighted by Crippen LogP contribution is 2.75. The standard InChI is InChI=1S/C30H50O4/c1-25(2)16-19-18-8-9-21-27(4)12-11-22(32)28(5,17-31)20(27)10-13-30(21,7)29(18,6)15-14-26(19,3)24(34)23(25)33/h8,19-24,31-34H,9-17H2,1-7H3/t19-,20?,21-,22+,23-,24-,26-,27+,28+,29-,30-/m1/s1. The molecule has 0 saturated heterocycles. The summed E-state index contributed by atoms with van der Waals surface area (Å²) in [6.07, 6.45) is 8.79. The van der Waals surface area contributed by atoms with Crippen LogP contribution in [0.15, 0.2) is 11.6 Å². The molecule has 5 aliphatic rings. The lowest BCUT2D eigenvalue weighted by Gasteiger charge is -2.72. The van der Waals surface area contributed by atoms with Crippen molar-refractivity contribution in [2.45, 2.75) is 118 Å². The van der Waals surface area contributed by atoms with Crippen LogP contribution < -0.4 is 0 Å². The van der Waals surface area contributed by atoms with Crippen LogP contribution in [0.5, 0.6) is 0 Å². The van der Waals surface area contributed by atoms with Gasteiger partial charge in [0.05, 0.1) is 24.9 Å². The van der Waals surface area contributed by atoms with Gasteiger partial charge >= 0.3 is 0 Å². The van der Waals surface area contributed by atoms with Gasteiger partial charge in [-0.15, -0.1) is 0 Å². The van der Waals surface area contributed by atoms with E-state index >= 15 is 0 Å². The van der Waals surface area contributed by atoms with Crippen LogP contribution in [-0.4, -0.2) is 45.3 Å². The van der Waals surface area contributed by atoms with Gasteiger partial charge in [-0.1, -0.05) is 60.1 Å². The molecule has 11 atom stereocenters. The van der Waals surface area contributed by atoms with Crippen LogP contribution in [0.1, 0.15) is 99.8 Å². The third-order valence-corrected chi connectivity index (χ3v) is 13.5. The van der Waals surface area contributed by atoms with Crippen molar-refractivity contribution in [1.29, 1.82) is 0 Å². The van der Waals surface area contributed by atoms with E-state index in [9.17, 15) is 20.4 Å². The van der Waals surface area contributed by atoms with Crippen molar-refractivity contribution < 1.29 is 20.4 Å². The number of hydrogen-bond donors (Lipinski definition) is 4. The lowest BCUT2D eigenvalue weighted by molar-refractivity contribution is -0.225. The van der Waals surface area contributed by atoms with Crippen molar-refractivity contribution in [3.05, 3.63) is 11.6 Å². The first-order valence-corrected chi connectivity index (χ1v) is 14.0. The Bertz CT molecular complexity index is 881. The summed E-state index contributed by atoms with van der Waals surface area (Å²) in [5.41, 5.74) is 0.920. The van der Waals surface area contributed by atoms with Gasteiger partial charge in [0.2, 0.25) is 0 Å². The third-order valence-electron chi connectivity index (χ3n) is 13.5. The predicted octanol–water partition coefficient (Wildman–Crippen LogP) is 5.08. The van der Waals surface area contributed by atoms with Crippen molar-refractivity contribution >= 4 is 0 Å². The van der Waals surface area contributed by atoms with E-state index in [-0.39, 0.29) is 33.7 Å². The van der Waals surface area contributed by atoms with Crippen LogP contribution >= 0.6 is 0 Å². The summed E-state index contributed by atoms with van der Waals surface area (Å²) in [6.45, 7) is 16.2. The lowest BCUT2D eigenvalue weighted by atomic mass is 9.33. The second kappa shape index (κ2) is 7.33. The van der Waals surface area contributed by atoms with Gasteiger partial charge in [-0.3, -0.25) is 0 Å². The number of allylic oxidation sites excluding steroid dienone is 2. The van der Waals surface area contributed by atoms with Crippen molar-refractivity contribution in [2.24, 2.45) is 50.2 Å². The molecule has 0 amide bonds. The normalized spacial score (nSPS) is 58.6. The minimum absolute atomic E-state index is 0.0614. The summed E-state index contributed by atoms with van der Waals surface area (Å²) in [6, 6.07) is 0. The molecule has 4 N–H and O–H groups in total. The average molecular weight is 475 g/mol. The minimum Gasteiger partial charge on any atom is -0.396 e. The first-order valence-electron chi connectivity index (χ1n) is 14.0. The van der Waals surface area contributed by atoms with Crippen molar-refractivity contribution in [3.8, 4) is 0 Å². The van der Waals surface area contributed by atoms with E-state index in [4.69, 9.17) is 0 Å². The molecule has 0 aromatic rings. The maximum absolute atomic E-state index is 11.3. The summed E-state index contributed by atoms with van der Waals surface area (Å²) in [4.78, 5) is 0. The molecule has 0 bridgehead atoms. The second-order valence-electron chi connectivity index (χ2n) is 15.2. The van der Waals surface area contributed by atoms with Crippen LogP contribution in [-0.2, 0) is 0 Å². The maximum atomic E-state index is 11.3. The number of fused-ring (bicyclic) bond motifs is 7. The highest BCUT2D eigenvalue weighted by atomic mass is 16.3. The van der Waals surface area contributed by atoms with Crippen molar-refractivity contribution in [2.75, 3.05) is 6.61 Å². The van der Waals surface area contributed by atoms with Crippen molar-refractivity contribution in [1.82, 2.24) is 0 Å². The molecular weight excluding hydrogens is 424 g/mol. The Morgan fingerprint density at radius 2 is 1.47 bits per heavy atom. The molecular formula is C30H50O4. The molecule has 0 heterocycles. The highest BCUT2D eigenvalue weighted by Gasteiger charge is 2.69. The van der Waals surface area contributed by atoms with Gasteiger partial charge in [0, 0.05) is 10.8 Å². The van der Waals surface area contributed by atoms with E-state index in [1.807, 2.05) is 0 Å². The van der Waals surface area contributed by atoms with Gasteiger partial charge in [-0.2, -0.15) is 0 Å². The van der Waals surface area contributed by atoms with Crippen LogP contribution in [0, 0.1) is 50.2 Å². The predicted molar refractivity (Wildman–Crippen MR) is 135 cm³/mol. The van der Waals surface area contributed by atoms with Gasteiger partial charge in [0.15, 0.2) is 0 Å². The summed E-state index contributed by atoms with van der Waals surface area (Å²) in [5.74, 6) is 1.17. The Kier molecular flexibility index (Phi) is 5.44. The van der Waals surface area contributed by atoms with Crippen LogP contribution in [0.3, 0.4) is 0 Å². The van der Waals surface area contributed by atoms with Gasteiger partial charge in [-0.05, 0) is 90.8 Å².